The molecule has 1 rings (SSSR count). The first kappa shape index (κ1) is 11.8. The number of aliphatic hydroxyl groups is 1. The van der Waals surface area contributed by atoms with Crippen LogP contribution < -0.4 is 5.32 Å². The Morgan fingerprint density at radius 3 is 2.79 bits per heavy atom. The van der Waals surface area contributed by atoms with Crippen molar-refractivity contribution in [3.63, 3.8) is 0 Å². The van der Waals surface area contributed by atoms with Gasteiger partial charge >= 0.3 is 0 Å². The summed E-state index contributed by atoms with van der Waals surface area (Å²) >= 11 is 7.11. The number of nitrogens with one attached hydrogen (secondary N) is 1. The van der Waals surface area contributed by atoms with Crippen molar-refractivity contribution in [3.05, 3.63) is 21.3 Å². The van der Waals surface area contributed by atoms with Crippen LogP contribution in [0.15, 0.2) is 11.4 Å². The average molecular weight is 242 g/mol. The largest absolute Gasteiger partial charge is 0.386 e. The van der Waals surface area contributed by atoms with Crippen molar-refractivity contribution >= 4 is 22.9 Å². The smallest absolute Gasteiger partial charge is 0.265 e. The zero-order valence-electron chi connectivity index (χ0n) is 7.21. The zero-order valence-corrected chi connectivity index (χ0v) is 8.79. The van der Waals surface area contributed by atoms with Crippen LogP contribution in [0.4, 0.5) is 8.78 Å². The maximum Gasteiger partial charge on any atom is 0.265 e. The van der Waals surface area contributed by atoms with E-state index in [4.69, 9.17) is 16.7 Å². The van der Waals surface area contributed by atoms with E-state index in [2.05, 4.69) is 5.32 Å². The van der Waals surface area contributed by atoms with Crippen LogP contribution in [0.1, 0.15) is 4.88 Å². The van der Waals surface area contributed by atoms with Gasteiger partial charge in [-0.25, -0.2) is 8.78 Å². The Balaban J connectivity index is 2.22. The first-order valence-corrected chi connectivity index (χ1v) is 5.25. The molecule has 1 unspecified atom stereocenters. The van der Waals surface area contributed by atoms with Gasteiger partial charge in [0.05, 0.1) is 5.02 Å². The number of rotatable bonds is 5. The number of alkyl halides is 2. The Kier molecular flexibility index (Phi) is 4.74. The minimum atomic E-state index is -2.70. The highest BCUT2D eigenvalue weighted by Crippen LogP contribution is 2.18. The topological polar surface area (TPSA) is 32.3 Å². The minimum Gasteiger partial charge on any atom is -0.386 e. The van der Waals surface area contributed by atoms with E-state index >= 15 is 0 Å². The fourth-order valence-corrected chi connectivity index (χ4v) is 1.92. The molecule has 1 aromatic heterocycles. The standard InChI is InChI=1S/C8H10ClF2NOS/c9-5-1-6(14-4-5)2-12-3-7(13)8(10)11/h1,4,7-8,12-13H,2-3H2. The van der Waals surface area contributed by atoms with Crippen LogP contribution in [-0.2, 0) is 6.54 Å². The molecule has 2 nitrogen and oxygen atoms in total. The molecule has 2 N–H and O–H groups in total. The number of aliphatic hydroxyl groups excluding tert-OH is 1. The predicted octanol–water partition coefficient (Wildman–Crippen LogP) is 2.12. The molecule has 14 heavy (non-hydrogen) atoms. The second kappa shape index (κ2) is 5.60. The van der Waals surface area contributed by atoms with Crippen molar-refractivity contribution < 1.29 is 13.9 Å². The Hall–Kier alpha value is -0.230. The van der Waals surface area contributed by atoms with Gasteiger partial charge in [-0.3, -0.25) is 0 Å². The Labute approximate surface area is 89.5 Å². The molecule has 0 amide bonds. The van der Waals surface area contributed by atoms with E-state index in [0.717, 1.165) is 4.88 Å². The molecule has 0 fully saturated rings. The fraction of sp³-hybridized carbons (Fsp3) is 0.500. The van der Waals surface area contributed by atoms with Crippen LogP contribution in [0.2, 0.25) is 5.02 Å². The number of hydrogen-bond acceptors (Lipinski definition) is 3. The maximum atomic E-state index is 11.8. The molecule has 0 aliphatic rings. The Morgan fingerprint density at radius 1 is 1.57 bits per heavy atom. The number of thiophene rings is 1. The van der Waals surface area contributed by atoms with Gasteiger partial charge in [-0.2, -0.15) is 0 Å². The number of hydrogen-bond donors (Lipinski definition) is 2. The van der Waals surface area contributed by atoms with Crippen molar-refractivity contribution in [2.75, 3.05) is 6.54 Å². The molecule has 0 bridgehead atoms. The summed E-state index contributed by atoms with van der Waals surface area (Å²) < 4.78 is 23.7. The highest BCUT2D eigenvalue weighted by Gasteiger charge is 2.15. The van der Waals surface area contributed by atoms with Crippen LogP contribution in [0.3, 0.4) is 0 Å². The normalized spacial score (nSPS) is 13.5. The molecule has 1 heterocycles. The van der Waals surface area contributed by atoms with Crippen molar-refractivity contribution in [3.8, 4) is 0 Å². The quantitative estimate of drug-likeness (QED) is 0.828. The second-order valence-corrected chi connectivity index (χ2v) is 4.20. The monoisotopic (exact) mass is 241 g/mol. The van der Waals surface area contributed by atoms with E-state index < -0.39 is 12.5 Å². The summed E-state index contributed by atoms with van der Waals surface area (Å²) in [5, 5.41) is 13.9. The van der Waals surface area contributed by atoms with Crippen LogP contribution in [0, 0.1) is 0 Å². The van der Waals surface area contributed by atoms with E-state index in [1.54, 1.807) is 11.4 Å². The van der Waals surface area contributed by atoms with Gasteiger partial charge in [-0.1, -0.05) is 11.6 Å². The molecule has 80 valence electrons. The summed E-state index contributed by atoms with van der Waals surface area (Å²) in [6.45, 7) is 0.328. The van der Waals surface area contributed by atoms with Gasteiger partial charge in [0.15, 0.2) is 0 Å². The molecule has 0 radical (unpaired) electrons. The lowest BCUT2D eigenvalue weighted by Crippen LogP contribution is -2.31. The van der Waals surface area contributed by atoms with Gasteiger partial charge in [0.25, 0.3) is 6.43 Å². The van der Waals surface area contributed by atoms with Gasteiger partial charge in [-0.05, 0) is 6.07 Å². The molecule has 0 aliphatic heterocycles. The number of halogens is 3. The summed E-state index contributed by atoms with van der Waals surface area (Å²) in [6.07, 6.45) is -4.31. The molecule has 1 aromatic rings. The van der Waals surface area contributed by atoms with Gasteiger partial charge < -0.3 is 10.4 Å². The van der Waals surface area contributed by atoms with Crippen LogP contribution in [-0.4, -0.2) is 24.2 Å². The summed E-state index contributed by atoms with van der Waals surface area (Å²) in [7, 11) is 0. The van der Waals surface area contributed by atoms with Crippen molar-refractivity contribution in [1.82, 2.24) is 5.32 Å². The van der Waals surface area contributed by atoms with Crippen molar-refractivity contribution in [2.24, 2.45) is 0 Å². The third-order valence-corrected chi connectivity index (χ3v) is 2.85. The molecule has 0 spiro atoms. The molecule has 0 saturated carbocycles. The first-order valence-electron chi connectivity index (χ1n) is 3.99. The van der Waals surface area contributed by atoms with E-state index in [-0.39, 0.29) is 6.54 Å². The summed E-state index contributed by atoms with van der Waals surface area (Å²) in [6, 6.07) is 1.76. The fourth-order valence-electron chi connectivity index (χ4n) is 0.879. The van der Waals surface area contributed by atoms with Crippen molar-refractivity contribution in [1.29, 1.82) is 0 Å². The summed E-state index contributed by atoms with van der Waals surface area (Å²) in [5.74, 6) is 0. The molecule has 0 aromatic carbocycles. The first-order chi connectivity index (χ1) is 6.59. The predicted molar refractivity (Wildman–Crippen MR) is 53.0 cm³/mol. The van der Waals surface area contributed by atoms with Crippen molar-refractivity contribution in [2.45, 2.75) is 19.1 Å². The highest BCUT2D eigenvalue weighted by atomic mass is 35.5. The molecule has 1 atom stereocenters. The van der Waals surface area contributed by atoms with E-state index in [0.29, 0.717) is 11.6 Å². The van der Waals surface area contributed by atoms with E-state index in [9.17, 15) is 8.78 Å². The molecular formula is C8H10ClF2NOS. The second-order valence-electron chi connectivity index (χ2n) is 2.76. The van der Waals surface area contributed by atoms with E-state index in [1.807, 2.05) is 0 Å². The SMILES string of the molecule is OC(CNCc1cc(Cl)cs1)C(F)F. The Morgan fingerprint density at radius 2 is 2.29 bits per heavy atom. The van der Waals surface area contributed by atoms with Crippen LogP contribution in [0.25, 0.3) is 0 Å². The lowest BCUT2D eigenvalue weighted by atomic mass is 10.3. The van der Waals surface area contributed by atoms with Gasteiger partial charge in [0.1, 0.15) is 6.10 Å². The molecular weight excluding hydrogens is 232 g/mol. The Bertz CT molecular complexity index is 282. The molecule has 0 aliphatic carbocycles. The van der Waals surface area contributed by atoms with Gasteiger partial charge in [-0.15, -0.1) is 11.3 Å². The lowest BCUT2D eigenvalue weighted by Gasteiger charge is -2.09. The average Bonchev–Trinajstić information content (AvgIpc) is 2.51. The lowest BCUT2D eigenvalue weighted by molar-refractivity contribution is -0.00337. The van der Waals surface area contributed by atoms with Gasteiger partial charge in [0.2, 0.25) is 0 Å². The summed E-state index contributed by atoms with van der Waals surface area (Å²) in [5.41, 5.74) is 0. The maximum absolute atomic E-state index is 11.8. The van der Waals surface area contributed by atoms with Crippen LogP contribution in [0.5, 0.6) is 0 Å². The molecule has 6 heteroatoms. The minimum absolute atomic E-state index is 0.118. The summed E-state index contributed by atoms with van der Waals surface area (Å²) in [4.78, 5) is 0.955. The highest BCUT2D eigenvalue weighted by molar-refractivity contribution is 7.10. The zero-order chi connectivity index (χ0) is 10.6. The van der Waals surface area contributed by atoms with Gasteiger partial charge in [0, 0.05) is 23.3 Å². The molecule has 0 saturated heterocycles. The van der Waals surface area contributed by atoms with Crippen LogP contribution >= 0.6 is 22.9 Å². The van der Waals surface area contributed by atoms with E-state index in [1.165, 1.54) is 11.3 Å². The third kappa shape index (κ3) is 3.88. The third-order valence-electron chi connectivity index (χ3n) is 1.57.